The number of oxazole rings is 1. The first-order valence-electron chi connectivity index (χ1n) is 17.6. The number of para-hydroxylation sites is 1. The normalized spacial score (nSPS) is 20.5. The summed E-state index contributed by atoms with van der Waals surface area (Å²) < 4.78 is 50.3. The highest BCUT2D eigenvalue weighted by molar-refractivity contribution is 5.80. The van der Waals surface area contributed by atoms with Gasteiger partial charge < -0.3 is 30.0 Å². The van der Waals surface area contributed by atoms with Crippen molar-refractivity contribution in [3.05, 3.63) is 102 Å². The monoisotopic (exact) mass is 736 g/mol. The van der Waals surface area contributed by atoms with Crippen molar-refractivity contribution in [1.82, 2.24) is 30.4 Å². The number of hydrogen-bond acceptors (Lipinski definition) is 10. The number of rotatable bonds is 14. The summed E-state index contributed by atoms with van der Waals surface area (Å²) >= 11 is 0. The zero-order valence-corrected chi connectivity index (χ0v) is 29.0. The van der Waals surface area contributed by atoms with Gasteiger partial charge in [0, 0.05) is 68.1 Å². The molecule has 15 heteroatoms. The Labute approximate surface area is 305 Å². The van der Waals surface area contributed by atoms with E-state index >= 15 is 0 Å². The predicted octanol–water partition coefficient (Wildman–Crippen LogP) is 3.51. The molecule has 5 atom stereocenters. The zero-order valence-electron chi connectivity index (χ0n) is 29.0. The number of alkyl halides is 3. The molecule has 0 saturated carbocycles. The summed E-state index contributed by atoms with van der Waals surface area (Å²) in [5.74, 6) is -0.252. The number of aliphatic hydroxyl groups excluding tert-OH is 2. The second-order valence-electron chi connectivity index (χ2n) is 13.5. The van der Waals surface area contributed by atoms with Gasteiger partial charge in [0.2, 0.25) is 17.7 Å². The molecule has 0 spiro atoms. The van der Waals surface area contributed by atoms with E-state index in [1.54, 1.807) is 42.9 Å². The van der Waals surface area contributed by atoms with Gasteiger partial charge in [0.05, 0.1) is 24.9 Å². The molecule has 0 aliphatic carbocycles. The Morgan fingerprint density at radius 2 is 1.81 bits per heavy atom. The Balaban J connectivity index is 1.14. The van der Waals surface area contributed by atoms with Crippen LogP contribution in [0.5, 0.6) is 5.75 Å². The van der Waals surface area contributed by atoms with Crippen molar-refractivity contribution >= 4 is 11.8 Å². The lowest BCUT2D eigenvalue weighted by atomic mass is 9.90. The number of ether oxygens (including phenoxy) is 1. The molecule has 1 saturated heterocycles. The van der Waals surface area contributed by atoms with Crippen LogP contribution in [-0.2, 0) is 22.6 Å². The number of β-amino-alcohol motifs (C(OH)–C–C–N with tert-alkyl or cyclic N) is 1. The van der Waals surface area contributed by atoms with E-state index < -0.39 is 48.8 Å². The van der Waals surface area contributed by atoms with Crippen molar-refractivity contribution in [1.29, 1.82) is 0 Å². The van der Waals surface area contributed by atoms with Crippen LogP contribution < -0.4 is 15.4 Å². The van der Waals surface area contributed by atoms with Crippen molar-refractivity contribution in [3.63, 3.8) is 0 Å². The lowest BCUT2D eigenvalue weighted by Gasteiger charge is -2.42. The van der Waals surface area contributed by atoms with Gasteiger partial charge >= 0.3 is 6.18 Å². The van der Waals surface area contributed by atoms with Gasteiger partial charge in [-0.05, 0) is 36.6 Å². The number of benzene rings is 2. The second kappa shape index (κ2) is 17.3. The highest BCUT2D eigenvalue weighted by atomic mass is 19.4. The third-order valence-electron chi connectivity index (χ3n) is 9.50. The number of halogens is 3. The first-order valence-corrected chi connectivity index (χ1v) is 17.6. The molecule has 1 fully saturated rings. The van der Waals surface area contributed by atoms with Crippen molar-refractivity contribution in [2.75, 3.05) is 39.3 Å². The summed E-state index contributed by atoms with van der Waals surface area (Å²) in [7, 11) is 0. The number of nitrogens with one attached hydrogen (secondary N) is 2. The minimum absolute atomic E-state index is 0.0134. The fraction of sp³-hybridized carbons (Fsp3) is 0.421. The van der Waals surface area contributed by atoms with Gasteiger partial charge in [0.1, 0.15) is 25.0 Å². The molecule has 4 N–H and O–H groups in total. The molecule has 2 amide bonds. The third-order valence-corrected chi connectivity index (χ3v) is 9.50. The van der Waals surface area contributed by atoms with Gasteiger partial charge in [0.15, 0.2) is 5.76 Å². The number of fused-ring (bicyclic) bond motifs is 1. The van der Waals surface area contributed by atoms with Gasteiger partial charge in [-0.15, -0.1) is 0 Å². The van der Waals surface area contributed by atoms with Crippen molar-refractivity contribution in [2.45, 2.75) is 56.3 Å². The quantitative estimate of drug-likeness (QED) is 0.151. The van der Waals surface area contributed by atoms with E-state index in [1.165, 1.54) is 0 Å². The van der Waals surface area contributed by atoms with E-state index in [-0.39, 0.29) is 31.9 Å². The topological polar surface area (TPSA) is 153 Å². The van der Waals surface area contributed by atoms with Crippen LogP contribution in [0.2, 0.25) is 0 Å². The summed E-state index contributed by atoms with van der Waals surface area (Å²) in [5, 5.41) is 27.2. The SMILES string of the molecule is O=C(C[C@@H]1CN(Cc2ncc(-c3cccnc3)o2)CCN1C[C@@H](O)C[C@@H](Cc1ccccc1)C(=O)N[C@H]1c2ccccc2OC[C@H]1O)NCC(F)(F)F. The van der Waals surface area contributed by atoms with Crippen LogP contribution >= 0.6 is 0 Å². The minimum atomic E-state index is -4.56. The molecule has 282 valence electrons. The molecule has 2 aromatic carbocycles. The van der Waals surface area contributed by atoms with Crippen LogP contribution in [0.3, 0.4) is 0 Å². The minimum Gasteiger partial charge on any atom is -0.490 e. The molecule has 2 aliphatic rings. The molecular formula is C38H43F3N6O6. The Hall–Kier alpha value is -4.83. The summed E-state index contributed by atoms with van der Waals surface area (Å²) in [6, 6.07) is 18.9. The Morgan fingerprint density at radius 1 is 1.02 bits per heavy atom. The average Bonchev–Trinajstić information content (AvgIpc) is 3.61. The summed E-state index contributed by atoms with van der Waals surface area (Å²) in [6.07, 6.45) is -1.51. The zero-order chi connectivity index (χ0) is 37.4. The van der Waals surface area contributed by atoms with E-state index in [0.29, 0.717) is 55.6 Å². The number of aliphatic hydroxyl groups is 2. The summed E-state index contributed by atoms with van der Waals surface area (Å²) in [4.78, 5) is 39.0. The maximum Gasteiger partial charge on any atom is 0.405 e. The maximum atomic E-state index is 13.9. The molecule has 4 heterocycles. The Bertz CT molecular complexity index is 1800. The van der Waals surface area contributed by atoms with Crippen molar-refractivity contribution < 1.29 is 42.1 Å². The standard InChI is InChI=1S/C38H43F3N6O6/c39-38(40,41)24-44-34(50)17-28-20-46(22-35-43-19-33(53-35)26-9-6-12-42-18-26)13-14-47(28)21-29(48)16-27(15-25-7-2-1-3-8-25)37(51)45-36-30-10-4-5-11-32(30)52-23-31(36)49/h1-12,18-19,27-29,31,36,48-49H,13-17,20-24H2,(H,44,50)(H,45,51)/t27-,28-,29+,31-,36+/m1/s1. The van der Waals surface area contributed by atoms with Gasteiger partial charge in [-0.3, -0.25) is 24.4 Å². The van der Waals surface area contributed by atoms with Gasteiger partial charge in [-0.2, -0.15) is 13.2 Å². The number of hydrogen-bond donors (Lipinski definition) is 4. The van der Waals surface area contributed by atoms with Crippen LogP contribution in [0.25, 0.3) is 11.3 Å². The number of nitrogens with zero attached hydrogens (tertiary/aromatic N) is 4. The number of piperazine rings is 1. The second-order valence-corrected chi connectivity index (χ2v) is 13.5. The molecule has 0 radical (unpaired) electrons. The first-order chi connectivity index (χ1) is 25.5. The number of pyridine rings is 1. The third kappa shape index (κ3) is 10.6. The largest absolute Gasteiger partial charge is 0.490 e. The smallest absolute Gasteiger partial charge is 0.405 e. The van der Waals surface area contributed by atoms with Gasteiger partial charge in [-0.1, -0.05) is 48.5 Å². The fourth-order valence-electron chi connectivity index (χ4n) is 6.88. The number of amides is 2. The van der Waals surface area contributed by atoms with Crippen LogP contribution in [-0.4, -0.2) is 106 Å². The van der Waals surface area contributed by atoms with E-state index in [1.807, 2.05) is 57.6 Å². The lowest BCUT2D eigenvalue weighted by Crippen LogP contribution is -2.56. The van der Waals surface area contributed by atoms with Crippen molar-refractivity contribution in [2.24, 2.45) is 5.92 Å². The fourth-order valence-corrected chi connectivity index (χ4v) is 6.88. The summed E-state index contributed by atoms with van der Waals surface area (Å²) in [5.41, 5.74) is 2.30. The number of carbonyl (C=O) groups is 2. The van der Waals surface area contributed by atoms with E-state index in [2.05, 4.69) is 15.3 Å². The molecule has 2 aromatic heterocycles. The molecular weight excluding hydrogens is 693 g/mol. The summed E-state index contributed by atoms with van der Waals surface area (Å²) in [6.45, 7) is 0.151. The Kier molecular flexibility index (Phi) is 12.4. The van der Waals surface area contributed by atoms with E-state index in [9.17, 15) is 33.0 Å². The van der Waals surface area contributed by atoms with Crippen molar-refractivity contribution in [3.8, 4) is 17.1 Å². The average molecular weight is 737 g/mol. The van der Waals surface area contributed by atoms with E-state index in [4.69, 9.17) is 9.15 Å². The van der Waals surface area contributed by atoms with Crippen LogP contribution in [0.15, 0.2) is 89.7 Å². The molecule has 0 unspecified atom stereocenters. The van der Waals surface area contributed by atoms with Crippen LogP contribution in [0, 0.1) is 5.92 Å². The highest BCUT2D eigenvalue weighted by Gasteiger charge is 2.36. The highest BCUT2D eigenvalue weighted by Crippen LogP contribution is 2.32. The van der Waals surface area contributed by atoms with Crippen LogP contribution in [0.4, 0.5) is 13.2 Å². The number of aromatic nitrogens is 2. The van der Waals surface area contributed by atoms with Gasteiger partial charge in [-0.25, -0.2) is 4.98 Å². The first kappa shape index (κ1) is 37.9. The molecule has 6 rings (SSSR count). The molecule has 0 bridgehead atoms. The van der Waals surface area contributed by atoms with E-state index in [0.717, 1.165) is 11.1 Å². The number of carbonyl (C=O) groups excluding carboxylic acids is 2. The predicted molar refractivity (Wildman–Crippen MR) is 187 cm³/mol. The molecule has 4 aromatic rings. The lowest BCUT2D eigenvalue weighted by molar-refractivity contribution is -0.139. The van der Waals surface area contributed by atoms with Gasteiger partial charge in [0.25, 0.3) is 0 Å². The molecule has 2 aliphatic heterocycles. The molecule has 12 nitrogen and oxygen atoms in total. The maximum absolute atomic E-state index is 13.9. The Morgan fingerprint density at radius 3 is 2.58 bits per heavy atom. The molecule has 53 heavy (non-hydrogen) atoms. The van der Waals surface area contributed by atoms with Crippen LogP contribution in [0.1, 0.15) is 35.9 Å².